The summed E-state index contributed by atoms with van der Waals surface area (Å²) >= 11 is 0. The lowest BCUT2D eigenvalue weighted by Crippen LogP contribution is -2.10. The monoisotopic (exact) mass is 258 g/mol. The van der Waals surface area contributed by atoms with Gasteiger partial charge in [0.25, 0.3) is 0 Å². The van der Waals surface area contributed by atoms with Crippen molar-refractivity contribution in [2.24, 2.45) is 5.84 Å². The zero-order valence-electron chi connectivity index (χ0n) is 11.3. The third-order valence-corrected chi connectivity index (χ3v) is 2.70. The van der Waals surface area contributed by atoms with Crippen molar-refractivity contribution in [3.63, 3.8) is 0 Å². The fourth-order valence-corrected chi connectivity index (χ4v) is 1.61. The molecule has 0 fully saturated rings. The molecule has 5 heteroatoms. The quantitative estimate of drug-likeness (QED) is 0.654. The number of hydrazine groups is 1. The first-order chi connectivity index (χ1) is 8.99. The number of aromatic nitrogens is 2. The van der Waals surface area contributed by atoms with Gasteiger partial charge in [0.2, 0.25) is 5.88 Å². The highest BCUT2D eigenvalue weighted by molar-refractivity contribution is 5.35. The van der Waals surface area contributed by atoms with Crippen molar-refractivity contribution in [1.29, 1.82) is 0 Å². The van der Waals surface area contributed by atoms with E-state index in [1.54, 1.807) is 6.20 Å². The van der Waals surface area contributed by atoms with E-state index in [-0.39, 0.29) is 5.41 Å². The Morgan fingerprint density at radius 2 is 1.79 bits per heavy atom. The van der Waals surface area contributed by atoms with Crippen molar-refractivity contribution in [2.75, 3.05) is 5.43 Å². The van der Waals surface area contributed by atoms with Crippen LogP contribution in [0.25, 0.3) is 0 Å². The van der Waals surface area contributed by atoms with Crippen molar-refractivity contribution in [3.05, 3.63) is 42.2 Å². The Kier molecular flexibility index (Phi) is 3.66. The van der Waals surface area contributed by atoms with Gasteiger partial charge in [0.15, 0.2) is 5.82 Å². The highest BCUT2D eigenvalue weighted by Crippen LogP contribution is 2.26. The van der Waals surface area contributed by atoms with Crippen LogP contribution in [0.15, 0.2) is 36.7 Å². The summed E-state index contributed by atoms with van der Waals surface area (Å²) in [4.78, 5) is 8.12. The topological polar surface area (TPSA) is 73.1 Å². The molecule has 0 radical (unpaired) electrons. The molecule has 3 N–H and O–H groups in total. The summed E-state index contributed by atoms with van der Waals surface area (Å²) in [5.74, 6) is 6.85. The smallest absolute Gasteiger partial charge is 0.239 e. The molecule has 0 atom stereocenters. The number of nitrogens with two attached hydrogens (primary N) is 1. The zero-order valence-corrected chi connectivity index (χ0v) is 11.3. The van der Waals surface area contributed by atoms with Crippen LogP contribution in [-0.4, -0.2) is 9.97 Å². The molecule has 2 aromatic rings. The molecule has 2 rings (SSSR count). The van der Waals surface area contributed by atoms with E-state index in [1.165, 1.54) is 11.8 Å². The molecule has 5 nitrogen and oxygen atoms in total. The molecule has 1 aromatic heterocycles. The Hall–Kier alpha value is -2.14. The number of ether oxygens (including phenoxy) is 1. The van der Waals surface area contributed by atoms with Crippen molar-refractivity contribution in [3.8, 4) is 11.6 Å². The third kappa shape index (κ3) is 3.42. The highest BCUT2D eigenvalue weighted by Gasteiger charge is 2.13. The van der Waals surface area contributed by atoms with Crippen LogP contribution in [0.5, 0.6) is 11.6 Å². The highest BCUT2D eigenvalue weighted by atomic mass is 16.5. The number of benzene rings is 1. The Labute approximate surface area is 112 Å². The molecule has 0 aliphatic heterocycles. The minimum atomic E-state index is 0.127. The van der Waals surface area contributed by atoms with Gasteiger partial charge in [-0.15, -0.1) is 0 Å². The van der Waals surface area contributed by atoms with Crippen molar-refractivity contribution in [2.45, 2.75) is 26.2 Å². The summed E-state index contributed by atoms with van der Waals surface area (Å²) in [7, 11) is 0. The largest absolute Gasteiger partial charge is 0.437 e. The lowest BCUT2D eigenvalue weighted by Gasteiger charge is -2.19. The van der Waals surface area contributed by atoms with Crippen LogP contribution in [0.1, 0.15) is 26.3 Å². The van der Waals surface area contributed by atoms with Crippen molar-refractivity contribution in [1.82, 2.24) is 9.97 Å². The second-order valence-electron chi connectivity index (χ2n) is 5.26. The van der Waals surface area contributed by atoms with E-state index in [2.05, 4.69) is 36.2 Å². The van der Waals surface area contributed by atoms with E-state index in [0.717, 1.165) is 5.75 Å². The summed E-state index contributed by atoms with van der Waals surface area (Å²) in [6.07, 6.45) is 3.06. The van der Waals surface area contributed by atoms with E-state index in [4.69, 9.17) is 10.6 Å². The minimum Gasteiger partial charge on any atom is -0.437 e. The molecular formula is C14H18N4O. The van der Waals surface area contributed by atoms with Crippen LogP contribution in [0, 0.1) is 0 Å². The van der Waals surface area contributed by atoms with Gasteiger partial charge < -0.3 is 10.2 Å². The Bertz CT molecular complexity index is 546. The maximum absolute atomic E-state index is 5.62. The van der Waals surface area contributed by atoms with Crippen molar-refractivity contribution < 1.29 is 4.74 Å². The molecule has 0 spiro atoms. The first-order valence-corrected chi connectivity index (χ1v) is 6.06. The number of hydrogen-bond acceptors (Lipinski definition) is 5. The minimum absolute atomic E-state index is 0.127. The summed E-state index contributed by atoms with van der Waals surface area (Å²) in [5, 5.41) is 0. The second-order valence-corrected chi connectivity index (χ2v) is 5.26. The van der Waals surface area contributed by atoms with Crippen LogP contribution in [0.2, 0.25) is 0 Å². The predicted octanol–water partition coefficient (Wildman–Crippen LogP) is 2.85. The van der Waals surface area contributed by atoms with Gasteiger partial charge in [0, 0.05) is 0 Å². The summed E-state index contributed by atoms with van der Waals surface area (Å²) in [5.41, 5.74) is 3.81. The average Bonchev–Trinajstić information content (AvgIpc) is 2.38. The number of hydrogen-bond donors (Lipinski definition) is 2. The van der Waals surface area contributed by atoms with E-state index in [0.29, 0.717) is 11.7 Å². The number of anilines is 1. The number of nitrogens with one attached hydrogen (secondary N) is 1. The van der Waals surface area contributed by atoms with Gasteiger partial charge in [-0.05, 0) is 23.1 Å². The van der Waals surface area contributed by atoms with Crippen LogP contribution in [0.3, 0.4) is 0 Å². The third-order valence-electron chi connectivity index (χ3n) is 2.70. The van der Waals surface area contributed by atoms with Gasteiger partial charge in [-0.25, -0.2) is 5.84 Å². The molecule has 0 bridgehead atoms. The molecule has 0 unspecified atom stereocenters. The predicted molar refractivity (Wildman–Crippen MR) is 75.1 cm³/mol. The molecule has 0 saturated heterocycles. The number of nitrogen functional groups attached to an aromatic ring is 1. The van der Waals surface area contributed by atoms with E-state index in [1.807, 2.05) is 24.3 Å². The fraction of sp³-hybridized carbons (Fsp3) is 0.286. The standard InChI is InChI=1S/C14H18N4O/c1-14(2,3)10-4-6-11(7-5-10)19-13-9-16-8-12(17-13)18-15/h4-9H,15H2,1-3H3,(H,17,18). The molecule has 0 amide bonds. The van der Waals surface area contributed by atoms with Gasteiger partial charge >= 0.3 is 0 Å². The molecule has 0 saturated carbocycles. The zero-order chi connectivity index (χ0) is 13.9. The first kappa shape index (κ1) is 13.3. The Balaban J connectivity index is 2.15. The van der Waals surface area contributed by atoms with Crippen molar-refractivity contribution >= 4 is 5.82 Å². The second kappa shape index (κ2) is 5.24. The van der Waals surface area contributed by atoms with Gasteiger partial charge in [-0.2, -0.15) is 4.98 Å². The fourth-order valence-electron chi connectivity index (χ4n) is 1.61. The lowest BCUT2D eigenvalue weighted by molar-refractivity contribution is 0.460. The molecule has 0 aliphatic carbocycles. The number of rotatable bonds is 3. The summed E-state index contributed by atoms with van der Waals surface area (Å²) < 4.78 is 5.62. The summed E-state index contributed by atoms with van der Waals surface area (Å²) in [6.45, 7) is 6.51. The molecule has 1 heterocycles. The van der Waals surface area contributed by atoms with Gasteiger partial charge in [0.05, 0.1) is 12.4 Å². The normalized spacial score (nSPS) is 11.2. The van der Waals surface area contributed by atoms with E-state index in [9.17, 15) is 0 Å². The Morgan fingerprint density at radius 1 is 1.11 bits per heavy atom. The van der Waals surface area contributed by atoms with Gasteiger partial charge in [0.1, 0.15) is 5.75 Å². The maximum Gasteiger partial charge on any atom is 0.239 e. The van der Waals surface area contributed by atoms with Crippen LogP contribution < -0.4 is 16.0 Å². The molecule has 0 aliphatic rings. The summed E-state index contributed by atoms with van der Waals surface area (Å²) in [6, 6.07) is 7.94. The maximum atomic E-state index is 5.62. The molecular weight excluding hydrogens is 240 g/mol. The lowest BCUT2D eigenvalue weighted by atomic mass is 9.87. The molecule has 19 heavy (non-hydrogen) atoms. The van der Waals surface area contributed by atoms with Crippen LogP contribution >= 0.6 is 0 Å². The average molecular weight is 258 g/mol. The van der Waals surface area contributed by atoms with Gasteiger partial charge in [-0.3, -0.25) is 4.98 Å². The number of nitrogens with zero attached hydrogens (tertiary/aromatic N) is 2. The van der Waals surface area contributed by atoms with E-state index >= 15 is 0 Å². The SMILES string of the molecule is CC(C)(C)c1ccc(Oc2cncc(NN)n2)cc1. The Morgan fingerprint density at radius 3 is 2.37 bits per heavy atom. The van der Waals surface area contributed by atoms with E-state index < -0.39 is 0 Å². The molecule has 1 aromatic carbocycles. The van der Waals surface area contributed by atoms with Gasteiger partial charge in [-0.1, -0.05) is 32.9 Å². The van der Waals surface area contributed by atoms with Crippen LogP contribution in [0.4, 0.5) is 5.82 Å². The molecule has 100 valence electrons. The first-order valence-electron chi connectivity index (χ1n) is 6.06. The van der Waals surface area contributed by atoms with Crippen LogP contribution in [-0.2, 0) is 5.41 Å².